The molecule has 23 heteroatoms. The number of hydrogen-bond donors (Lipinski definition) is 8. The molecule has 2 aromatic carbocycles. The SMILES string of the molecule is CCN(CCO)C(=O)c1cc(S(=O)(=O)NC(=O)Nc2c3c(cc4c2CCC4)CCC3)nn1C.CCNCCO.Cn1nc(S(=O)(=O)NC(=O)Nc2c3c(cc4c2CCC4)CCC3)cc1C(=O)O. The highest BCUT2D eigenvalue weighted by molar-refractivity contribution is 7.90. The molecule has 0 atom stereocenters. The van der Waals surface area contributed by atoms with Gasteiger partial charge in [-0.15, -0.1) is 0 Å². The van der Waals surface area contributed by atoms with Crippen molar-refractivity contribution in [2.45, 2.75) is 101 Å². The average molecular weight is 969 g/mol. The number of carbonyl (C=O) groups is 4. The van der Waals surface area contributed by atoms with E-state index in [9.17, 15) is 36.0 Å². The molecule has 0 saturated carbocycles. The number of aryl methyl sites for hydroxylation is 6. The number of urea groups is 2. The summed E-state index contributed by atoms with van der Waals surface area (Å²) in [4.78, 5) is 50.3. The van der Waals surface area contributed by atoms with Crippen molar-refractivity contribution in [2.75, 3.05) is 50.0 Å². The summed E-state index contributed by atoms with van der Waals surface area (Å²) in [5.74, 6) is -1.76. The first-order chi connectivity index (χ1) is 31.9. The maximum absolute atomic E-state index is 12.8. The third kappa shape index (κ3) is 11.6. The molecule has 0 aliphatic heterocycles. The Hall–Kier alpha value is -5.88. The van der Waals surface area contributed by atoms with Gasteiger partial charge in [0.15, 0.2) is 10.1 Å². The lowest BCUT2D eigenvalue weighted by Crippen LogP contribution is -2.35. The minimum absolute atomic E-state index is 0.0461. The van der Waals surface area contributed by atoms with Crippen LogP contribution in [0.25, 0.3) is 0 Å². The molecule has 0 fully saturated rings. The number of sulfonamides is 2. The second-order valence-corrected chi connectivity index (χ2v) is 19.8. The number of aromatic nitrogens is 4. The van der Waals surface area contributed by atoms with E-state index in [0.717, 1.165) is 145 Å². The van der Waals surface area contributed by atoms with Gasteiger partial charge in [0.25, 0.3) is 26.0 Å². The van der Waals surface area contributed by atoms with Crippen LogP contribution in [0.3, 0.4) is 0 Å². The summed E-state index contributed by atoms with van der Waals surface area (Å²) >= 11 is 0. The molecule has 67 heavy (non-hydrogen) atoms. The molecular weight excluding hydrogens is 909 g/mol. The van der Waals surface area contributed by atoms with E-state index in [2.05, 4.69) is 38.3 Å². The second kappa shape index (κ2) is 21.8. The molecule has 0 radical (unpaired) electrons. The van der Waals surface area contributed by atoms with Gasteiger partial charge in [0.1, 0.15) is 11.4 Å². The fourth-order valence-corrected chi connectivity index (χ4v) is 10.8. The Morgan fingerprint density at radius 2 is 1.03 bits per heavy atom. The van der Waals surface area contributed by atoms with Crippen LogP contribution in [0.2, 0.25) is 0 Å². The monoisotopic (exact) mass is 968 g/mol. The minimum Gasteiger partial charge on any atom is -0.477 e. The Morgan fingerprint density at radius 1 is 0.627 bits per heavy atom. The van der Waals surface area contributed by atoms with Crippen molar-refractivity contribution < 1.29 is 51.3 Å². The van der Waals surface area contributed by atoms with E-state index in [1.807, 2.05) is 16.4 Å². The second-order valence-electron chi connectivity index (χ2n) is 16.6. The molecule has 4 aliphatic rings. The lowest BCUT2D eigenvalue weighted by Gasteiger charge is -2.19. The third-order valence-corrected chi connectivity index (χ3v) is 14.6. The van der Waals surface area contributed by atoms with Crippen LogP contribution in [0.15, 0.2) is 34.3 Å². The number of aromatic carboxylic acids is 1. The van der Waals surface area contributed by atoms with Crippen LogP contribution in [-0.4, -0.2) is 120 Å². The topological polar surface area (TPSA) is 296 Å². The maximum atomic E-state index is 12.8. The normalized spacial score (nSPS) is 14.4. The summed E-state index contributed by atoms with van der Waals surface area (Å²) in [5, 5.41) is 41.5. The van der Waals surface area contributed by atoms with Gasteiger partial charge in [-0.05, 0) is 135 Å². The van der Waals surface area contributed by atoms with Crippen molar-refractivity contribution >= 4 is 55.4 Å². The van der Waals surface area contributed by atoms with E-state index in [1.165, 1.54) is 41.2 Å². The smallest absolute Gasteiger partial charge is 0.354 e. The first-order valence-electron chi connectivity index (χ1n) is 22.5. The molecule has 0 bridgehead atoms. The first kappa shape index (κ1) is 50.5. The predicted molar refractivity (Wildman–Crippen MR) is 247 cm³/mol. The number of amides is 5. The number of nitrogens with zero attached hydrogens (tertiary/aromatic N) is 5. The Kier molecular flexibility index (Phi) is 16.5. The van der Waals surface area contributed by atoms with Crippen LogP contribution in [-0.2, 0) is 85.5 Å². The molecule has 5 amide bonds. The van der Waals surface area contributed by atoms with Gasteiger partial charge >= 0.3 is 18.0 Å². The molecule has 2 heterocycles. The van der Waals surface area contributed by atoms with Crippen molar-refractivity contribution in [3.8, 4) is 0 Å². The summed E-state index contributed by atoms with van der Waals surface area (Å²) < 4.78 is 56.6. The summed E-state index contributed by atoms with van der Waals surface area (Å²) in [6.07, 6.45) is 11.3. The van der Waals surface area contributed by atoms with Crippen LogP contribution >= 0.6 is 0 Å². The lowest BCUT2D eigenvalue weighted by atomic mass is 9.99. The highest BCUT2D eigenvalue weighted by atomic mass is 32.2. The average Bonchev–Trinajstić information content (AvgIpc) is 4.14. The number of hydrogen-bond acceptors (Lipinski definition) is 13. The van der Waals surface area contributed by atoms with Gasteiger partial charge in [0.05, 0.1) is 13.2 Å². The van der Waals surface area contributed by atoms with E-state index >= 15 is 0 Å². The molecule has 364 valence electrons. The van der Waals surface area contributed by atoms with Gasteiger partial charge in [-0.3, -0.25) is 14.2 Å². The zero-order valence-corrected chi connectivity index (χ0v) is 39.8. The molecule has 0 saturated heterocycles. The number of fused-ring (bicyclic) bond motifs is 4. The van der Waals surface area contributed by atoms with Gasteiger partial charge in [-0.1, -0.05) is 19.1 Å². The number of nitrogens with one attached hydrogen (secondary N) is 5. The number of aliphatic hydroxyl groups excluding tert-OH is 2. The molecule has 0 unspecified atom stereocenters. The van der Waals surface area contributed by atoms with Crippen molar-refractivity contribution in [3.05, 3.63) is 80.2 Å². The molecule has 4 aliphatic carbocycles. The quantitative estimate of drug-likeness (QED) is 0.0844. The number of rotatable bonds is 14. The zero-order valence-electron chi connectivity index (χ0n) is 38.2. The minimum atomic E-state index is -4.30. The van der Waals surface area contributed by atoms with Gasteiger partial charge in [0, 0.05) is 57.2 Å². The maximum Gasteiger partial charge on any atom is 0.354 e. The van der Waals surface area contributed by atoms with E-state index in [4.69, 9.17) is 15.3 Å². The number of likely N-dealkylation sites (N-methyl/N-ethyl adjacent to an activating group) is 2. The van der Waals surface area contributed by atoms with Gasteiger partial charge < -0.3 is 36.2 Å². The summed E-state index contributed by atoms with van der Waals surface area (Å²) in [6.45, 7) is 5.93. The largest absolute Gasteiger partial charge is 0.477 e. The van der Waals surface area contributed by atoms with Gasteiger partial charge in [0.2, 0.25) is 0 Å². The first-order valence-corrected chi connectivity index (χ1v) is 25.4. The van der Waals surface area contributed by atoms with Gasteiger partial charge in [-0.25, -0.2) is 23.8 Å². The lowest BCUT2D eigenvalue weighted by molar-refractivity contribution is 0.0683. The number of anilines is 2. The molecule has 8 rings (SSSR count). The van der Waals surface area contributed by atoms with Crippen LogP contribution in [0, 0.1) is 0 Å². The molecular formula is C44H60N10O11S2. The van der Waals surface area contributed by atoms with Gasteiger partial charge in [-0.2, -0.15) is 27.0 Å². The number of carboxylic acid groups (broad SMARTS) is 1. The van der Waals surface area contributed by atoms with E-state index < -0.39 is 54.0 Å². The Balaban J connectivity index is 0.000000199. The predicted octanol–water partition coefficient (Wildman–Crippen LogP) is 2.56. The van der Waals surface area contributed by atoms with E-state index in [1.54, 1.807) is 6.92 Å². The molecule has 21 nitrogen and oxygen atoms in total. The molecule has 2 aromatic heterocycles. The number of aliphatic hydroxyl groups is 2. The van der Waals surface area contributed by atoms with Crippen LogP contribution < -0.4 is 25.4 Å². The third-order valence-electron chi connectivity index (χ3n) is 12.2. The van der Waals surface area contributed by atoms with E-state index in [-0.39, 0.29) is 31.1 Å². The Labute approximate surface area is 389 Å². The van der Waals surface area contributed by atoms with E-state index in [0.29, 0.717) is 6.54 Å². The standard InChI is InChI=1S/C22H29N5O5S.C18H20N4O5S.C4H11NO/c1-3-27(10-11-28)21(29)18-13-19(24-26(18)2)33(31,32)25-22(30)23-20-16-8-4-6-14(16)12-15-7-5-9-17(15)20;1-22-14(17(23)24)9-15(20-22)28(26,27)21-18(25)19-16-12-6-2-4-10(12)8-11-5-3-7-13(11)16;1-2-5-3-4-6/h12-13,28H,3-11H2,1-2H3,(H2,23,25,30);8-9H,2-7H2,1H3,(H,23,24)(H2,19,21,25);5-6H,2-4H2,1H3. The Morgan fingerprint density at radius 3 is 1.36 bits per heavy atom. The number of benzene rings is 2. The molecule has 4 aromatic rings. The number of carbonyl (C=O) groups excluding carboxylic acids is 3. The van der Waals surface area contributed by atoms with Crippen molar-refractivity contribution in [3.63, 3.8) is 0 Å². The summed E-state index contributed by atoms with van der Waals surface area (Å²) in [7, 11) is -5.83. The van der Waals surface area contributed by atoms with Crippen LogP contribution in [0.5, 0.6) is 0 Å². The summed E-state index contributed by atoms with van der Waals surface area (Å²) in [6, 6.07) is 4.76. The highest BCUT2D eigenvalue weighted by Crippen LogP contribution is 2.40. The van der Waals surface area contributed by atoms with Crippen molar-refractivity contribution in [2.24, 2.45) is 14.1 Å². The molecule has 0 spiro atoms. The summed E-state index contributed by atoms with van der Waals surface area (Å²) in [5.41, 5.74) is 10.5. The van der Waals surface area contributed by atoms with Crippen LogP contribution in [0.4, 0.5) is 21.0 Å². The number of carboxylic acids is 1. The fraction of sp³-hybridized carbons (Fsp3) is 0.500. The highest BCUT2D eigenvalue weighted by Gasteiger charge is 2.31. The Bertz CT molecular complexity index is 2680. The van der Waals surface area contributed by atoms with Crippen LogP contribution in [0.1, 0.15) is 105 Å². The molecule has 8 N–H and O–H groups in total. The zero-order chi connectivity index (χ0) is 48.6. The van der Waals surface area contributed by atoms with Crippen molar-refractivity contribution in [1.29, 1.82) is 0 Å². The van der Waals surface area contributed by atoms with Crippen molar-refractivity contribution in [1.82, 2.24) is 39.2 Å². The fourth-order valence-electron chi connectivity index (χ4n) is 9.05.